The molecular formula is C29H37N3O4S. The van der Waals surface area contributed by atoms with Crippen LogP contribution in [0.3, 0.4) is 0 Å². The van der Waals surface area contributed by atoms with Crippen molar-refractivity contribution in [2.75, 3.05) is 31.6 Å². The molecule has 1 unspecified atom stereocenters. The minimum absolute atomic E-state index is 0.0668. The first kappa shape index (κ1) is 26.0. The summed E-state index contributed by atoms with van der Waals surface area (Å²) in [4.78, 5) is 47.9. The molecular weight excluding hydrogens is 486 g/mol. The summed E-state index contributed by atoms with van der Waals surface area (Å²) in [7, 11) is 1.77. The topological polar surface area (TPSA) is 81.2 Å². The lowest BCUT2D eigenvalue weighted by Gasteiger charge is -2.41. The van der Waals surface area contributed by atoms with Gasteiger partial charge in [0.15, 0.2) is 0 Å². The second-order valence-electron chi connectivity index (χ2n) is 11.5. The fraction of sp³-hybridized carbons (Fsp3) is 0.552. The molecule has 2 fully saturated rings. The quantitative estimate of drug-likeness (QED) is 0.614. The fourth-order valence-corrected chi connectivity index (χ4v) is 8.93. The van der Waals surface area contributed by atoms with Gasteiger partial charge in [0.25, 0.3) is 5.91 Å². The fourth-order valence-electron chi connectivity index (χ4n) is 6.79. The Labute approximate surface area is 223 Å². The van der Waals surface area contributed by atoms with Gasteiger partial charge in [0.05, 0.1) is 29.2 Å². The summed E-state index contributed by atoms with van der Waals surface area (Å²) in [5.41, 5.74) is 2.86. The number of hydrogen-bond donors (Lipinski definition) is 1. The van der Waals surface area contributed by atoms with Crippen LogP contribution in [-0.4, -0.2) is 80.9 Å². The summed E-state index contributed by atoms with van der Waals surface area (Å²) in [6.07, 6.45) is 8.08. The largest absolute Gasteiger partial charge is 0.394 e. The highest BCUT2D eigenvalue weighted by Crippen LogP contribution is 2.66. The van der Waals surface area contributed by atoms with E-state index in [1.807, 2.05) is 71.0 Å². The number of nitrogens with zero attached hydrogens (tertiary/aromatic N) is 3. The van der Waals surface area contributed by atoms with E-state index in [0.717, 1.165) is 16.8 Å². The van der Waals surface area contributed by atoms with Crippen LogP contribution in [0.2, 0.25) is 0 Å². The number of thioether (sulfide) groups is 1. The van der Waals surface area contributed by atoms with Gasteiger partial charge in [-0.15, -0.1) is 11.8 Å². The number of rotatable bonds is 4. The summed E-state index contributed by atoms with van der Waals surface area (Å²) in [6.45, 7) is 10.6. The number of fused-ring (bicyclic) bond motifs is 2. The molecule has 0 bridgehead atoms. The van der Waals surface area contributed by atoms with E-state index >= 15 is 0 Å². The molecule has 3 amide bonds. The molecule has 1 aromatic rings. The normalized spacial score (nSPS) is 34.0. The molecule has 0 aromatic heterocycles. The maximum absolute atomic E-state index is 14.6. The molecule has 1 spiro atoms. The first-order chi connectivity index (χ1) is 17.5. The van der Waals surface area contributed by atoms with Crippen molar-refractivity contribution in [2.24, 2.45) is 17.8 Å². The molecule has 37 heavy (non-hydrogen) atoms. The molecule has 4 heterocycles. The Hall–Kier alpha value is -2.58. The van der Waals surface area contributed by atoms with E-state index in [1.54, 1.807) is 33.5 Å². The van der Waals surface area contributed by atoms with Gasteiger partial charge in [0, 0.05) is 30.6 Å². The summed E-state index contributed by atoms with van der Waals surface area (Å²) in [5.74, 6) is -1.81. The average Bonchev–Trinajstić information content (AvgIpc) is 3.11. The molecule has 0 saturated carbocycles. The Balaban J connectivity index is 1.71. The number of aryl methyl sites for hydroxylation is 2. The Kier molecular flexibility index (Phi) is 6.35. The van der Waals surface area contributed by atoms with Crippen molar-refractivity contribution in [1.82, 2.24) is 9.80 Å². The minimum Gasteiger partial charge on any atom is -0.394 e. The first-order valence-corrected chi connectivity index (χ1v) is 13.9. The van der Waals surface area contributed by atoms with Crippen molar-refractivity contribution in [3.8, 4) is 0 Å². The predicted octanol–water partition coefficient (Wildman–Crippen LogP) is 2.94. The van der Waals surface area contributed by atoms with Crippen LogP contribution < -0.4 is 4.90 Å². The van der Waals surface area contributed by atoms with E-state index in [-0.39, 0.29) is 30.2 Å². The molecule has 4 aliphatic heterocycles. The number of likely N-dealkylation sites (N-methyl/N-ethyl adjacent to an activating group) is 1. The van der Waals surface area contributed by atoms with Gasteiger partial charge in [-0.3, -0.25) is 14.4 Å². The number of hydrogen-bond acceptors (Lipinski definition) is 5. The highest BCUT2D eigenvalue weighted by molar-refractivity contribution is 8.02. The number of anilines is 1. The van der Waals surface area contributed by atoms with Crippen LogP contribution in [0.1, 0.15) is 31.9 Å². The van der Waals surface area contributed by atoms with Crippen LogP contribution in [0.15, 0.2) is 42.5 Å². The maximum Gasteiger partial charge on any atom is 0.251 e. The van der Waals surface area contributed by atoms with Gasteiger partial charge in [-0.2, -0.15) is 0 Å². The van der Waals surface area contributed by atoms with Crippen molar-refractivity contribution in [1.29, 1.82) is 0 Å². The molecule has 7 nitrogen and oxygen atoms in total. The molecule has 4 aliphatic rings. The molecule has 0 aliphatic carbocycles. The van der Waals surface area contributed by atoms with E-state index in [1.165, 1.54) is 0 Å². The van der Waals surface area contributed by atoms with Crippen molar-refractivity contribution in [3.05, 3.63) is 53.6 Å². The lowest BCUT2D eigenvalue weighted by molar-refractivity contribution is -0.145. The summed E-state index contributed by atoms with van der Waals surface area (Å²) < 4.78 is -1.54. The van der Waals surface area contributed by atoms with Gasteiger partial charge in [-0.05, 0) is 43.9 Å². The van der Waals surface area contributed by atoms with E-state index in [9.17, 15) is 19.5 Å². The summed E-state index contributed by atoms with van der Waals surface area (Å²) >= 11 is 1.57. The van der Waals surface area contributed by atoms with Gasteiger partial charge in [-0.25, -0.2) is 0 Å². The van der Waals surface area contributed by atoms with Crippen LogP contribution >= 0.6 is 11.8 Å². The third kappa shape index (κ3) is 3.70. The van der Waals surface area contributed by atoms with Crippen LogP contribution in [0, 0.1) is 31.6 Å². The van der Waals surface area contributed by atoms with Crippen molar-refractivity contribution in [3.63, 3.8) is 0 Å². The molecule has 1 N–H and O–H groups in total. The number of aliphatic hydroxyl groups excluding tert-OH is 1. The molecule has 2 saturated heterocycles. The molecule has 198 valence electrons. The smallest absolute Gasteiger partial charge is 0.251 e. The molecule has 6 atom stereocenters. The van der Waals surface area contributed by atoms with Crippen molar-refractivity contribution in [2.45, 2.75) is 56.2 Å². The summed E-state index contributed by atoms with van der Waals surface area (Å²) in [5, 5.41) is 10.4. The zero-order chi connectivity index (χ0) is 26.9. The zero-order valence-corrected chi connectivity index (χ0v) is 23.3. The average molecular weight is 524 g/mol. The third-order valence-electron chi connectivity index (χ3n) is 8.67. The lowest BCUT2D eigenvalue weighted by Crippen LogP contribution is -2.58. The lowest BCUT2D eigenvalue weighted by atomic mass is 9.74. The first-order valence-electron chi connectivity index (χ1n) is 13.1. The number of carbonyl (C=O) groups excluding carboxylic acids is 3. The monoisotopic (exact) mass is 523 g/mol. The van der Waals surface area contributed by atoms with Crippen LogP contribution in [0.4, 0.5) is 5.69 Å². The molecule has 1 aromatic carbocycles. The maximum atomic E-state index is 14.6. The predicted molar refractivity (Wildman–Crippen MR) is 146 cm³/mol. The Bertz CT molecular complexity index is 1210. The van der Waals surface area contributed by atoms with Crippen molar-refractivity contribution >= 4 is 35.2 Å². The molecule has 8 heteroatoms. The standard InChI is InChI=1S/C29H37N3O4S/c1-17(2)21(16-33)32-24-27(36)31(20-15-18(3)9-10-19(20)4)14-8-12-29(24)23(26(32)35)22-25(34)30(6)13-7-11-28(22,5)37-29/h7-12,15,17,21-24,33H,13-14,16H2,1-6H3/t21-,22+,23-,24?,28-,29-/m0/s1. The second kappa shape index (κ2) is 9.02. The SMILES string of the molecule is Cc1ccc(C)c(N2CC=C[C@]34S[C@@]5(C)C=CCN(C)C(=O)[C@H]5[C@H]3C(=O)N([C@@H](CO)C(C)C)C4C2=O)c1. The Morgan fingerprint density at radius 1 is 1.03 bits per heavy atom. The number of carbonyl (C=O) groups is 3. The van der Waals surface area contributed by atoms with E-state index in [4.69, 9.17) is 0 Å². The minimum atomic E-state index is -0.916. The van der Waals surface area contributed by atoms with Crippen molar-refractivity contribution < 1.29 is 19.5 Å². The van der Waals surface area contributed by atoms with Gasteiger partial charge < -0.3 is 19.8 Å². The Morgan fingerprint density at radius 2 is 1.73 bits per heavy atom. The third-order valence-corrected chi connectivity index (χ3v) is 10.5. The zero-order valence-electron chi connectivity index (χ0n) is 22.5. The van der Waals surface area contributed by atoms with E-state index < -0.39 is 33.4 Å². The van der Waals surface area contributed by atoms with Crippen LogP contribution in [0.25, 0.3) is 0 Å². The van der Waals surface area contributed by atoms with E-state index in [2.05, 4.69) is 6.08 Å². The summed E-state index contributed by atoms with van der Waals surface area (Å²) in [6, 6.07) is 4.69. The number of likely N-dealkylation sites (tertiary alicyclic amines) is 1. The highest BCUT2D eigenvalue weighted by Gasteiger charge is 2.74. The van der Waals surface area contributed by atoms with Gasteiger partial charge >= 0.3 is 0 Å². The number of aliphatic hydroxyl groups is 1. The molecule has 5 rings (SSSR count). The van der Waals surface area contributed by atoms with Gasteiger partial charge in [0.1, 0.15) is 6.04 Å². The highest BCUT2D eigenvalue weighted by atomic mass is 32.2. The van der Waals surface area contributed by atoms with Crippen LogP contribution in [0.5, 0.6) is 0 Å². The number of benzene rings is 1. The Morgan fingerprint density at radius 3 is 2.41 bits per heavy atom. The number of amides is 3. The van der Waals surface area contributed by atoms with Gasteiger partial charge in [0.2, 0.25) is 11.8 Å². The van der Waals surface area contributed by atoms with E-state index in [0.29, 0.717) is 13.1 Å². The van der Waals surface area contributed by atoms with Crippen LogP contribution in [-0.2, 0) is 14.4 Å². The molecule has 0 radical (unpaired) electrons. The second-order valence-corrected chi connectivity index (χ2v) is 13.3. The van der Waals surface area contributed by atoms with Gasteiger partial charge in [-0.1, -0.05) is 50.3 Å².